The summed E-state index contributed by atoms with van der Waals surface area (Å²) in [5, 5.41) is 8.92. The highest BCUT2D eigenvalue weighted by Gasteiger charge is 2.22. The highest BCUT2D eigenvalue weighted by Crippen LogP contribution is 2.24. The monoisotopic (exact) mass is 344 g/mol. The van der Waals surface area contributed by atoms with Gasteiger partial charge in [0.2, 0.25) is 5.95 Å². The Hall–Kier alpha value is -2.18. The molecule has 3 N–H and O–H groups in total. The van der Waals surface area contributed by atoms with Crippen LogP contribution in [0.2, 0.25) is 0 Å². The fourth-order valence-electron chi connectivity index (χ4n) is 3.23. The molecule has 2 atom stereocenters. The normalized spacial score (nSPS) is 20.1. The van der Waals surface area contributed by atoms with E-state index in [1.165, 1.54) is 0 Å². The van der Waals surface area contributed by atoms with Crippen molar-refractivity contribution in [1.82, 2.24) is 19.7 Å². The first kappa shape index (κ1) is 16.7. The molecule has 7 heteroatoms. The second-order valence-corrected chi connectivity index (χ2v) is 6.26. The lowest BCUT2D eigenvalue weighted by molar-refractivity contribution is 0.685. The number of rotatable bonds is 3. The fraction of sp³-hybridized carbons (Fsp3) is 0.353. The number of nitrogens with two attached hydrogens (primary N) is 1. The molecule has 0 spiro atoms. The number of anilines is 1. The minimum atomic E-state index is 0. The van der Waals surface area contributed by atoms with E-state index in [4.69, 9.17) is 5.73 Å². The Bertz CT molecular complexity index is 846. The largest absolute Gasteiger partial charge is 0.351 e. The zero-order valence-electron chi connectivity index (χ0n) is 13.5. The van der Waals surface area contributed by atoms with Gasteiger partial charge in [0, 0.05) is 42.5 Å². The molecule has 0 saturated heterocycles. The van der Waals surface area contributed by atoms with Crippen molar-refractivity contribution in [2.45, 2.75) is 31.3 Å². The van der Waals surface area contributed by atoms with Gasteiger partial charge in [-0.1, -0.05) is 6.07 Å². The Morgan fingerprint density at radius 3 is 2.92 bits per heavy atom. The number of hydrogen-bond donors (Lipinski definition) is 2. The highest BCUT2D eigenvalue weighted by atomic mass is 35.5. The van der Waals surface area contributed by atoms with Gasteiger partial charge in [-0.25, -0.2) is 9.97 Å². The van der Waals surface area contributed by atoms with Crippen LogP contribution in [-0.4, -0.2) is 31.8 Å². The number of aryl methyl sites for hydroxylation is 1. The summed E-state index contributed by atoms with van der Waals surface area (Å²) in [7, 11) is 1.93. The molecule has 6 nitrogen and oxygen atoms in total. The van der Waals surface area contributed by atoms with E-state index in [0.717, 1.165) is 41.4 Å². The van der Waals surface area contributed by atoms with Crippen LogP contribution < -0.4 is 11.1 Å². The second-order valence-electron chi connectivity index (χ2n) is 6.26. The first-order chi connectivity index (χ1) is 11.2. The standard InChI is InChI=1S/C17H20N6.ClH/c1-23-10-12-8-11(2-5-16(12)22-23)15-6-7-19-17(21-15)20-14-4-3-13(18)9-14;/h2,5-8,10,13-14H,3-4,9,18H2,1H3,(H,19,20,21);1H/t13-,14-;/m0./s1. The van der Waals surface area contributed by atoms with Gasteiger partial charge in [0.1, 0.15) is 0 Å². The number of hydrogen-bond acceptors (Lipinski definition) is 5. The number of fused-ring (bicyclic) bond motifs is 1. The molecule has 3 aromatic rings. The smallest absolute Gasteiger partial charge is 0.223 e. The first-order valence-electron chi connectivity index (χ1n) is 7.96. The van der Waals surface area contributed by atoms with Crippen molar-refractivity contribution in [3.8, 4) is 11.3 Å². The summed E-state index contributed by atoms with van der Waals surface area (Å²) in [6.07, 6.45) is 6.94. The van der Waals surface area contributed by atoms with Crippen molar-refractivity contribution in [3.05, 3.63) is 36.7 Å². The summed E-state index contributed by atoms with van der Waals surface area (Å²) in [5.74, 6) is 0.674. The maximum Gasteiger partial charge on any atom is 0.223 e. The van der Waals surface area contributed by atoms with Crippen molar-refractivity contribution >= 4 is 29.3 Å². The summed E-state index contributed by atoms with van der Waals surface area (Å²) in [5.41, 5.74) is 8.94. The summed E-state index contributed by atoms with van der Waals surface area (Å²) in [6.45, 7) is 0. The van der Waals surface area contributed by atoms with Crippen LogP contribution >= 0.6 is 12.4 Å². The molecule has 0 amide bonds. The van der Waals surface area contributed by atoms with Gasteiger partial charge < -0.3 is 11.1 Å². The van der Waals surface area contributed by atoms with Crippen molar-refractivity contribution in [3.63, 3.8) is 0 Å². The molecule has 1 aliphatic carbocycles. The molecule has 0 bridgehead atoms. The summed E-state index contributed by atoms with van der Waals surface area (Å²) in [6, 6.07) is 8.79. The third kappa shape index (κ3) is 3.34. The molecule has 1 saturated carbocycles. The van der Waals surface area contributed by atoms with Gasteiger partial charge in [0.15, 0.2) is 0 Å². The second kappa shape index (κ2) is 6.75. The molecule has 0 radical (unpaired) electrons. The zero-order valence-corrected chi connectivity index (χ0v) is 14.3. The number of benzene rings is 1. The minimum Gasteiger partial charge on any atom is -0.351 e. The van der Waals surface area contributed by atoms with E-state index in [0.29, 0.717) is 18.0 Å². The van der Waals surface area contributed by atoms with Crippen LogP contribution in [0.25, 0.3) is 22.2 Å². The molecule has 1 aliphatic rings. The van der Waals surface area contributed by atoms with Gasteiger partial charge in [-0.15, -0.1) is 12.4 Å². The van der Waals surface area contributed by atoms with E-state index in [9.17, 15) is 0 Å². The van der Waals surface area contributed by atoms with Crippen LogP contribution in [0.4, 0.5) is 5.95 Å². The van der Waals surface area contributed by atoms with Crippen LogP contribution in [0, 0.1) is 0 Å². The van der Waals surface area contributed by atoms with Crippen LogP contribution in [0.1, 0.15) is 19.3 Å². The first-order valence-corrected chi connectivity index (χ1v) is 7.96. The number of halogens is 1. The lowest BCUT2D eigenvalue weighted by Crippen LogP contribution is -2.21. The average molecular weight is 345 g/mol. The predicted molar refractivity (Wildman–Crippen MR) is 98.2 cm³/mol. The third-order valence-electron chi connectivity index (χ3n) is 4.38. The maximum atomic E-state index is 5.97. The van der Waals surface area contributed by atoms with Gasteiger partial charge in [-0.2, -0.15) is 5.10 Å². The topological polar surface area (TPSA) is 81.7 Å². The SMILES string of the molecule is Cl.Cn1cc2cc(-c3ccnc(N[C@H]4CC[C@H](N)C4)n3)ccc2n1. The Morgan fingerprint density at radius 1 is 1.25 bits per heavy atom. The predicted octanol–water partition coefficient (Wildman–Crippen LogP) is 2.74. The summed E-state index contributed by atoms with van der Waals surface area (Å²) >= 11 is 0. The van der Waals surface area contributed by atoms with Gasteiger partial charge in [-0.3, -0.25) is 4.68 Å². The molecule has 2 aromatic heterocycles. The fourth-order valence-corrected chi connectivity index (χ4v) is 3.23. The van der Waals surface area contributed by atoms with Crippen molar-refractivity contribution in [2.24, 2.45) is 12.8 Å². The van der Waals surface area contributed by atoms with Crippen molar-refractivity contribution in [1.29, 1.82) is 0 Å². The van der Waals surface area contributed by atoms with Crippen molar-refractivity contribution < 1.29 is 0 Å². The van der Waals surface area contributed by atoms with Crippen LogP contribution in [-0.2, 0) is 7.05 Å². The Labute approximate surface area is 146 Å². The molecular formula is C17H21ClN6. The van der Waals surface area contributed by atoms with E-state index in [-0.39, 0.29) is 12.4 Å². The molecular weight excluding hydrogens is 324 g/mol. The van der Waals surface area contributed by atoms with Crippen molar-refractivity contribution in [2.75, 3.05) is 5.32 Å². The Balaban J connectivity index is 0.00000169. The van der Waals surface area contributed by atoms with Gasteiger partial charge in [-0.05, 0) is 37.5 Å². The van der Waals surface area contributed by atoms with E-state index < -0.39 is 0 Å². The minimum absolute atomic E-state index is 0. The Kier molecular flexibility index (Phi) is 4.69. The zero-order chi connectivity index (χ0) is 15.8. The highest BCUT2D eigenvalue weighted by molar-refractivity contribution is 5.85. The van der Waals surface area contributed by atoms with Gasteiger partial charge >= 0.3 is 0 Å². The molecule has 1 aromatic carbocycles. The van der Waals surface area contributed by atoms with E-state index >= 15 is 0 Å². The average Bonchev–Trinajstić information content (AvgIpc) is 3.11. The summed E-state index contributed by atoms with van der Waals surface area (Å²) < 4.78 is 1.82. The number of nitrogens with one attached hydrogen (secondary N) is 1. The quantitative estimate of drug-likeness (QED) is 0.763. The van der Waals surface area contributed by atoms with Gasteiger partial charge in [0.25, 0.3) is 0 Å². The molecule has 0 unspecified atom stereocenters. The van der Waals surface area contributed by atoms with E-state index in [1.54, 1.807) is 6.20 Å². The summed E-state index contributed by atoms with van der Waals surface area (Å²) in [4.78, 5) is 9.00. The third-order valence-corrected chi connectivity index (χ3v) is 4.38. The molecule has 24 heavy (non-hydrogen) atoms. The lowest BCUT2D eigenvalue weighted by atomic mass is 10.1. The van der Waals surface area contributed by atoms with Crippen LogP contribution in [0.15, 0.2) is 36.7 Å². The lowest BCUT2D eigenvalue weighted by Gasteiger charge is -2.12. The molecule has 0 aliphatic heterocycles. The molecule has 1 fully saturated rings. The molecule has 126 valence electrons. The molecule has 4 rings (SSSR count). The van der Waals surface area contributed by atoms with Crippen LogP contribution in [0.5, 0.6) is 0 Å². The number of aromatic nitrogens is 4. The maximum absolute atomic E-state index is 5.97. The molecule has 2 heterocycles. The Morgan fingerprint density at radius 2 is 2.12 bits per heavy atom. The van der Waals surface area contributed by atoms with E-state index in [1.807, 2.05) is 36.1 Å². The van der Waals surface area contributed by atoms with Gasteiger partial charge in [0.05, 0.1) is 11.2 Å². The van der Waals surface area contributed by atoms with Crippen LogP contribution in [0.3, 0.4) is 0 Å². The number of nitrogens with zero attached hydrogens (tertiary/aromatic N) is 4. The van der Waals surface area contributed by atoms with E-state index in [2.05, 4.69) is 26.4 Å².